The van der Waals surface area contributed by atoms with Crippen LogP contribution in [0.4, 0.5) is 5.69 Å². The molecule has 2 aromatic carbocycles. The zero-order valence-electron chi connectivity index (χ0n) is 10.7. The second kappa shape index (κ2) is 4.28. The van der Waals surface area contributed by atoms with Crippen molar-refractivity contribution in [1.29, 1.82) is 0 Å². The average molecular weight is 273 g/mol. The summed E-state index contributed by atoms with van der Waals surface area (Å²) in [5.41, 5.74) is 11.1. The van der Waals surface area contributed by atoms with Gasteiger partial charge in [0, 0.05) is 5.69 Å². The lowest BCUT2D eigenvalue weighted by atomic mass is 10.0. The third kappa shape index (κ3) is 1.96. The molecule has 3 rings (SSSR count). The number of para-hydroxylation sites is 1. The minimum atomic E-state index is 0.507. The van der Waals surface area contributed by atoms with E-state index < -0.39 is 0 Å². The molecule has 3 nitrogen and oxygen atoms in total. The third-order valence-electron chi connectivity index (χ3n) is 3.13. The molecule has 0 fully saturated rings. The monoisotopic (exact) mass is 272 g/mol. The van der Waals surface area contributed by atoms with Gasteiger partial charge in [-0.2, -0.15) is 0 Å². The Hall–Kier alpha value is -2.00. The number of halogens is 1. The fourth-order valence-electron chi connectivity index (χ4n) is 2.19. The number of anilines is 1. The van der Waals surface area contributed by atoms with Gasteiger partial charge in [-0.15, -0.1) is 0 Å². The van der Waals surface area contributed by atoms with Crippen molar-refractivity contribution >= 4 is 28.4 Å². The minimum Gasteiger partial charge on any atom is -0.434 e. The standard InChI is InChI=1S/C15H13ClN2O/c1-8-6-9(2)13(17)10(7-8)15-18-12-5-3-4-11(16)14(12)19-15/h3-7H,17H2,1-2H3. The van der Waals surface area contributed by atoms with Gasteiger partial charge in [-0.1, -0.05) is 23.7 Å². The molecule has 2 N–H and O–H groups in total. The average Bonchev–Trinajstić information content (AvgIpc) is 2.79. The van der Waals surface area contributed by atoms with Crippen LogP contribution < -0.4 is 5.73 Å². The van der Waals surface area contributed by atoms with Crippen molar-refractivity contribution in [2.24, 2.45) is 0 Å². The number of hydrogen-bond acceptors (Lipinski definition) is 3. The molecule has 0 saturated heterocycles. The summed E-state index contributed by atoms with van der Waals surface area (Å²) in [5, 5.41) is 0.555. The van der Waals surface area contributed by atoms with Crippen LogP contribution in [0.25, 0.3) is 22.6 Å². The Labute approximate surface area is 116 Å². The highest BCUT2D eigenvalue weighted by Crippen LogP contribution is 2.33. The fourth-order valence-corrected chi connectivity index (χ4v) is 2.39. The van der Waals surface area contributed by atoms with E-state index in [0.717, 1.165) is 22.2 Å². The number of nitrogen functional groups attached to an aromatic ring is 1. The second-order valence-electron chi connectivity index (χ2n) is 4.65. The van der Waals surface area contributed by atoms with Gasteiger partial charge >= 0.3 is 0 Å². The number of aryl methyl sites for hydroxylation is 2. The quantitative estimate of drug-likeness (QED) is 0.670. The van der Waals surface area contributed by atoms with E-state index in [1.807, 2.05) is 38.1 Å². The van der Waals surface area contributed by atoms with Crippen LogP contribution in [-0.4, -0.2) is 4.98 Å². The first kappa shape index (κ1) is 12.1. The summed E-state index contributed by atoms with van der Waals surface area (Å²) < 4.78 is 5.75. The molecule has 0 atom stereocenters. The Bertz CT molecular complexity index is 777. The molecular formula is C15H13ClN2O. The van der Waals surface area contributed by atoms with Gasteiger partial charge in [-0.05, 0) is 43.2 Å². The zero-order chi connectivity index (χ0) is 13.6. The molecule has 0 bridgehead atoms. The van der Waals surface area contributed by atoms with Gasteiger partial charge in [0.2, 0.25) is 5.89 Å². The number of rotatable bonds is 1. The maximum Gasteiger partial charge on any atom is 0.229 e. The molecule has 0 aliphatic heterocycles. The fraction of sp³-hybridized carbons (Fsp3) is 0.133. The molecule has 0 spiro atoms. The maximum absolute atomic E-state index is 6.11. The summed E-state index contributed by atoms with van der Waals surface area (Å²) >= 11 is 6.10. The van der Waals surface area contributed by atoms with E-state index in [2.05, 4.69) is 4.98 Å². The van der Waals surface area contributed by atoms with Gasteiger partial charge in [0.25, 0.3) is 0 Å². The van der Waals surface area contributed by atoms with Crippen LogP contribution >= 0.6 is 11.6 Å². The summed E-state index contributed by atoms with van der Waals surface area (Å²) in [7, 11) is 0. The lowest BCUT2D eigenvalue weighted by Gasteiger charge is -2.06. The minimum absolute atomic E-state index is 0.507. The van der Waals surface area contributed by atoms with Gasteiger partial charge in [0.05, 0.1) is 10.6 Å². The maximum atomic E-state index is 6.11. The number of hydrogen-bond donors (Lipinski definition) is 1. The molecule has 96 valence electrons. The van der Waals surface area contributed by atoms with Crippen LogP contribution in [-0.2, 0) is 0 Å². The summed E-state index contributed by atoms with van der Waals surface area (Å²) in [6.07, 6.45) is 0. The number of nitrogens with zero attached hydrogens (tertiary/aromatic N) is 1. The van der Waals surface area contributed by atoms with Crippen LogP contribution in [0.15, 0.2) is 34.7 Å². The molecule has 3 aromatic rings. The molecule has 0 saturated carbocycles. The van der Waals surface area contributed by atoms with Gasteiger partial charge < -0.3 is 10.2 Å². The van der Waals surface area contributed by atoms with Crippen LogP contribution in [0.1, 0.15) is 11.1 Å². The first-order chi connectivity index (χ1) is 9.06. The summed E-state index contributed by atoms with van der Waals surface area (Å²) in [5.74, 6) is 0.507. The van der Waals surface area contributed by atoms with E-state index in [-0.39, 0.29) is 0 Å². The number of nitrogens with two attached hydrogens (primary N) is 1. The van der Waals surface area contributed by atoms with Crippen molar-refractivity contribution in [2.75, 3.05) is 5.73 Å². The molecule has 4 heteroatoms. The summed E-state index contributed by atoms with van der Waals surface area (Å²) in [6, 6.07) is 9.51. The highest BCUT2D eigenvalue weighted by Gasteiger charge is 2.14. The van der Waals surface area contributed by atoms with Crippen LogP contribution in [0.3, 0.4) is 0 Å². The molecule has 1 heterocycles. The Balaban J connectivity index is 2.28. The van der Waals surface area contributed by atoms with Crippen LogP contribution in [0, 0.1) is 13.8 Å². The first-order valence-electron chi connectivity index (χ1n) is 5.98. The van der Waals surface area contributed by atoms with E-state index in [4.69, 9.17) is 21.8 Å². The molecule has 0 unspecified atom stereocenters. The Morgan fingerprint density at radius 1 is 1.21 bits per heavy atom. The van der Waals surface area contributed by atoms with Crippen molar-refractivity contribution in [1.82, 2.24) is 4.98 Å². The van der Waals surface area contributed by atoms with Crippen molar-refractivity contribution in [3.63, 3.8) is 0 Å². The van der Waals surface area contributed by atoms with Gasteiger partial charge in [0.1, 0.15) is 5.52 Å². The van der Waals surface area contributed by atoms with Crippen molar-refractivity contribution in [2.45, 2.75) is 13.8 Å². The van der Waals surface area contributed by atoms with Gasteiger partial charge in [-0.3, -0.25) is 0 Å². The molecule has 0 aliphatic rings. The van der Waals surface area contributed by atoms with Crippen molar-refractivity contribution in [3.8, 4) is 11.5 Å². The lowest BCUT2D eigenvalue weighted by Crippen LogP contribution is -1.95. The van der Waals surface area contributed by atoms with Crippen LogP contribution in [0.2, 0.25) is 5.02 Å². The van der Waals surface area contributed by atoms with Crippen LogP contribution in [0.5, 0.6) is 0 Å². The van der Waals surface area contributed by atoms with Crippen molar-refractivity contribution < 1.29 is 4.42 Å². The predicted octanol–water partition coefficient (Wildman–Crippen LogP) is 4.35. The summed E-state index contributed by atoms with van der Waals surface area (Å²) in [6.45, 7) is 3.99. The van der Waals surface area contributed by atoms with E-state index in [1.54, 1.807) is 6.07 Å². The zero-order valence-corrected chi connectivity index (χ0v) is 11.5. The lowest BCUT2D eigenvalue weighted by molar-refractivity contribution is 0.620. The van der Waals surface area contributed by atoms with Gasteiger partial charge in [-0.25, -0.2) is 4.98 Å². The Kier molecular flexibility index (Phi) is 2.72. The third-order valence-corrected chi connectivity index (χ3v) is 3.43. The first-order valence-corrected chi connectivity index (χ1v) is 6.36. The van der Waals surface area contributed by atoms with E-state index in [1.165, 1.54) is 0 Å². The smallest absolute Gasteiger partial charge is 0.229 e. The largest absolute Gasteiger partial charge is 0.434 e. The normalized spacial score (nSPS) is 11.1. The topological polar surface area (TPSA) is 52.0 Å². The molecule has 0 radical (unpaired) electrons. The van der Waals surface area contributed by atoms with E-state index in [9.17, 15) is 0 Å². The Morgan fingerprint density at radius 3 is 2.74 bits per heavy atom. The van der Waals surface area contributed by atoms with E-state index in [0.29, 0.717) is 22.2 Å². The molecule has 19 heavy (non-hydrogen) atoms. The van der Waals surface area contributed by atoms with E-state index >= 15 is 0 Å². The number of aromatic nitrogens is 1. The second-order valence-corrected chi connectivity index (χ2v) is 5.06. The molecule has 1 aromatic heterocycles. The number of oxazole rings is 1. The Morgan fingerprint density at radius 2 is 2.00 bits per heavy atom. The van der Waals surface area contributed by atoms with Gasteiger partial charge in [0.15, 0.2) is 5.58 Å². The molecule has 0 amide bonds. The number of fused-ring (bicyclic) bond motifs is 1. The predicted molar refractivity (Wildman–Crippen MR) is 78.3 cm³/mol. The number of benzene rings is 2. The highest BCUT2D eigenvalue weighted by molar-refractivity contribution is 6.34. The molecular weight excluding hydrogens is 260 g/mol. The summed E-state index contributed by atoms with van der Waals surface area (Å²) in [4.78, 5) is 4.46. The molecule has 0 aliphatic carbocycles. The highest BCUT2D eigenvalue weighted by atomic mass is 35.5. The SMILES string of the molecule is Cc1cc(C)c(N)c(-c2nc3cccc(Cl)c3o2)c1. The van der Waals surface area contributed by atoms with Crippen molar-refractivity contribution in [3.05, 3.63) is 46.5 Å².